The highest BCUT2D eigenvalue weighted by molar-refractivity contribution is 7.15. The molecule has 2 rings (SSSR count). The van der Waals surface area contributed by atoms with Crippen molar-refractivity contribution < 1.29 is 9.72 Å². The Morgan fingerprint density at radius 1 is 1.57 bits per heavy atom. The van der Waals surface area contributed by atoms with Gasteiger partial charge in [-0.15, -0.1) is 0 Å². The number of carbonyl (C=O) groups is 1. The van der Waals surface area contributed by atoms with Gasteiger partial charge in [-0.1, -0.05) is 11.3 Å². The van der Waals surface area contributed by atoms with Gasteiger partial charge in [0.05, 0.1) is 10.8 Å². The summed E-state index contributed by atoms with van der Waals surface area (Å²) in [5, 5.41) is 13.7. The largest absolute Gasteiger partial charge is 0.355 e. The monoisotopic (exact) mass is 312 g/mol. The number of nitrogens with one attached hydrogen (secondary N) is 1. The van der Waals surface area contributed by atoms with Crippen molar-refractivity contribution in [3.8, 4) is 0 Å². The van der Waals surface area contributed by atoms with Crippen LogP contribution in [-0.2, 0) is 11.3 Å². The molecule has 1 fully saturated rings. The number of rotatable bonds is 6. The van der Waals surface area contributed by atoms with E-state index < -0.39 is 0 Å². The van der Waals surface area contributed by atoms with E-state index in [2.05, 4.69) is 10.2 Å². The van der Waals surface area contributed by atoms with Crippen LogP contribution in [0.2, 0.25) is 0 Å². The molecule has 1 aromatic heterocycles. The number of amides is 1. The molecule has 21 heavy (non-hydrogen) atoms. The molecule has 1 amide bonds. The molecule has 1 atom stereocenters. The second-order valence-corrected chi connectivity index (χ2v) is 6.30. The van der Waals surface area contributed by atoms with Crippen LogP contribution in [0.1, 0.15) is 17.7 Å². The molecule has 116 valence electrons. The average molecular weight is 312 g/mol. The van der Waals surface area contributed by atoms with Crippen LogP contribution in [0.3, 0.4) is 0 Å². The van der Waals surface area contributed by atoms with E-state index in [1.165, 1.54) is 17.4 Å². The lowest BCUT2D eigenvalue weighted by molar-refractivity contribution is -0.380. The highest BCUT2D eigenvalue weighted by Crippen LogP contribution is 2.26. The molecule has 0 radical (unpaired) electrons. The van der Waals surface area contributed by atoms with Crippen molar-refractivity contribution in [1.82, 2.24) is 10.2 Å². The molecule has 8 heteroatoms. The van der Waals surface area contributed by atoms with E-state index in [4.69, 9.17) is 5.73 Å². The molecular weight excluding hydrogens is 292 g/mol. The van der Waals surface area contributed by atoms with Gasteiger partial charge in [0.1, 0.15) is 0 Å². The molecule has 0 bridgehead atoms. The minimum atomic E-state index is -0.368. The summed E-state index contributed by atoms with van der Waals surface area (Å²) in [6, 6.07) is 3.33. The fraction of sp³-hybridized carbons (Fsp3) is 0.615. The quantitative estimate of drug-likeness (QED) is 0.601. The zero-order chi connectivity index (χ0) is 15.2. The van der Waals surface area contributed by atoms with Crippen LogP contribution in [0.5, 0.6) is 0 Å². The molecule has 0 saturated carbocycles. The third-order valence-corrected chi connectivity index (χ3v) is 4.55. The van der Waals surface area contributed by atoms with Crippen LogP contribution >= 0.6 is 11.3 Å². The second-order valence-electron chi connectivity index (χ2n) is 5.15. The van der Waals surface area contributed by atoms with E-state index in [9.17, 15) is 14.9 Å². The molecule has 1 aliphatic rings. The Kier molecular flexibility index (Phi) is 5.66. The first-order chi connectivity index (χ1) is 10.1. The van der Waals surface area contributed by atoms with Gasteiger partial charge in [0, 0.05) is 37.1 Å². The smallest absolute Gasteiger partial charge is 0.324 e. The molecular formula is C13H20N4O3S. The summed E-state index contributed by atoms with van der Waals surface area (Å²) in [5.74, 6) is 0.0440. The zero-order valence-corrected chi connectivity index (χ0v) is 12.6. The van der Waals surface area contributed by atoms with Gasteiger partial charge in [-0.25, -0.2) is 0 Å². The number of hydrogen-bond acceptors (Lipinski definition) is 6. The third kappa shape index (κ3) is 4.48. The number of nitrogens with two attached hydrogens (primary N) is 1. The molecule has 1 unspecified atom stereocenters. The van der Waals surface area contributed by atoms with E-state index >= 15 is 0 Å². The van der Waals surface area contributed by atoms with Gasteiger partial charge in [0.25, 0.3) is 0 Å². The lowest BCUT2D eigenvalue weighted by Gasteiger charge is -2.31. The Labute approximate surface area is 127 Å². The van der Waals surface area contributed by atoms with Gasteiger partial charge < -0.3 is 11.1 Å². The second kappa shape index (κ2) is 7.48. The first-order valence-electron chi connectivity index (χ1n) is 7.03. The van der Waals surface area contributed by atoms with Gasteiger partial charge in [-0.2, -0.15) is 0 Å². The maximum atomic E-state index is 12.0. The van der Waals surface area contributed by atoms with Crippen LogP contribution in [0.15, 0.2) is 12.1 Å². The van der Waals surface area contributed by atoms with E-state index in [-0.39, 0.29) is 21.7 Å². The fourth-order valence-electron chi connectivity index (χ4n) is 2.52. The minimum Gasteiger partial charge on any atom is -0.355 e. The third-order valence-electron chi connectivity index (χ3n) is 3.53. The standard InChI is InChI=1S/C13H20N4O3S/c14-5-6-15-13(18)10-2-1-7-16(8-10)9-11-3-4-12(21-11)17(19)20/h3-4,10H,1-2,5-9,14H2,(H,15,18). The number of likely N-dealkylation sites (tertiary alicyclic amines) is 1. The van der Waals surface area contributed by atoms with Gasteiger partial charge >= 0.3 is 5.00 Å². The van der Waals surface area contributed by atoms with Crippen molar-refractivity contribution in [2.24, 2.45) is 11.7 Å². The summed E-state index contributed by atoms with van der Waals surface area (Å²) in [6.45, 7) is 3.24. The van der Waals surface area contributed by atoms with Crippen molar-refractivity contribution in [1.29, 1.82) is 0 Å². The first kappa shape index (κ1) is 15.9. The summed E-state index contributed by atoms with van der Waals surface area (Å²) in [6.07, 6.45) is 1.85. The van der Waals surface area contributed by atoms with Crippen molar-refractivity contribution in [3.05, 3.63) is 27.1 Å². The Morgan fingerprint density at radius 2 is 2.38 bits per heavy atom. The topological polar surface area (TPSA) is 102 Å². The highest BCUT2D eigenvalue weighted by atomic mass is 32.1. The van der Waals surface area contributed by atoms with Crippen molar-refractivity contribution in [2.75, 3.05) is 26.2 Å². The lowest BCUT2D eigenvalue weighted by atomic mass is 9.97. The number of nitrogens with zero attached hydrogens (tertiary/aromatic N) is 2. The lowest BCUT2D eigenvalue weighted by Crippen LogP contribution is -2.43. The van der Waals surface area contributed by atoms with E-state index in [1.54, 1.807) is 6.07 Å². The Hall–Kier alpha value is -1.51. The normalized spacial score (nSPS) is 19.4. The van der Waals surface area contributed by atoms with Crippen LogP contribution in [0.4, 0.5) is 5.00 Å². The molecule has 1 saturated heterocycles. The van der Waals surface area contributed by atoms with Crippen LogP contribution in [0, 0.1) is 16.0 Å². The summed E-state index contributed by atoms with van der Waals surface area (Å²) in [7, 11) is 0. The summed E-state index contributed by atoms with van der Waals surface area (Å²) < 4.78 is 0. The van der Waals surface area contributed by atoms with Crippen molar-refractivity contribution in [3.63, 3.8) is 0 Å². The predicted molar refractivity (Wildman–Crippen MR) is 81.0 cm³/mol. The first-order valence-corrected chi connectivity index (χ1v) is 7.85. The molecule has 1 aromatic rings. The Bertz CT molecular complexity index is 505. The predicted octanol–water partition coefficient (Wildman–Crippen LogP) is 0.943. The zero-order valence-electron chi connectivity index (χ0n) is 11.8. The van der Waals surface area contributed by atoms with Crippen molar-refractivity contribution >= 4 is 22.2 Å². The molecule has 1 aliphatic heterocycles. The average Bonchev–Trinajstić information content (AvgIpc) is 2.94. The maximum absolute atomic E-state index is 12.0. The summed E-state index contributed by atoms with van der Waals surface area (Å²) in [4.78, 5) is 25.4. The number of hydrogen-bond donors (Lipinski definition) is 2. The summed E-state index contributed by atoms with van der Waals surface area (Å²) >= 11 is 1.20. The van der Waals surface area contributed by atoms with E-state index in [0.29, 0.717) is 26.2 Å². The molecule has 0 aromatic carbocycles. The molecule has 0 aliphatic carbocycles. The minimum absolute atomic E-state index is 0.0137. The van der Waals surface area contributed by atoms with Gasteiger partial charge in [0.2, 0.25) is 5.91 Å². The highest BCUT2D eigenvalue weighted by Gasteiger charge is 2.26. The number of nitro groups is 1. The number of carbonyl (C=O) groups excluding carboxylic acids is 1. The van der Waals surface area contributed by atoms with Gasteiger partial charge in [0.15, 0.2) is 0 Å². The molecule has 3 N–H and O–H groups in total. The SMILES string of the molecule is NCCNC(=O)C1CCCN(Cc2ccc([N+](=O)[O-])s2)C1. The molecule has 2 heterocycles. The number of thiophene rings is 1. The molecule has 7 nitrogen and oxygen atoms in total. The molecule has 0 spiro atoms. The van der Waals surface area contributed by atoms with Gasteiger partial charge in [-0.3, -0.25) is 19.8 Å². The maximum Gasteiger partial charge on any atom is 0.324 e. The van der Waals surface area contributed by atoms with E-state index in [0.717, 1.165) is 24.3 Å². The van der Waals surface area contributed by atoms with Crippen LogP contribution in [-0.4, -0.2) is 41.9 Å². The van der Waals surface area contributed by atoms with Crippen LogP contribution in [0.25, 0.3) is 0 Å². The van der Waals surface area contributed by atoms with Crippen LogP contribution < -0.4 is 11.1 Å². The van der Waals surface area contributed by atoms with Gasteiger partial charge in [-0.05, 0) is 25.5 Å². The fourth-order valence-corrected chi connectivity index (χ4v) is 3.39. The number of piperidine rings is 1. The van der Waals surface area contributed by atoms with E-state index in [1.807, 2.05) is 0 Å². The van der Waals surface area contributed by atoms with Crippen molar-refractivity contribution in [2.45, 2.75) is 19.4 Å². The Morgan fingerprint density at radius 3 is 3.05 bits per heavy atom. The Balaban J connectivity index is 1.88. The summed E-state index contributed by atoms with van der Waals surface area (Å²) in [5.41, 5.74) is 5.38.